The van der Waals surface area contributed by atoms with E-state index in [2.05, 4.69) is 10.6 Å². The molecule has 4 amide bonds. The minimum absolute atomic E-state index is 0.322. The molecule has 1 fully saturated rings. The molecule has 0 aromatic heterocycles. The third-order valence-electron chi connectivity index (χ3n) is 5.23. The van der Waals surface area contributed by atoms with Crippen LogP contribution in [0, 0.1) is 0 Å². The van der Waals surface area contributed by atoms with Crippen molar-refractivity contribution < 1.29 is 23.9 Å². The number of hydrogen-bond donors (Lipinski definition) is 2. The quantitative estimate of drug-likeness (QED) is 0.736. The van der Waals surface area contributed by atoms with Crippen molar-refractivity contribution in [1.82, 2.24) is 15.5 Å². The van der Waals surface area contributed by atoms with Crippen molar-refractivity contribution in [3.63, 3.8) is 0 Å². The van der Waals surface area contributed by atoms with Gasteiger partial charge in [0.2, 0.25) is 5.91 Å². The molecule has 156 valence electrons. The van der Waals surface area contributed by atoms with Gasteiger partial charge in [-0.25, -0.2) is 4.79 Å². The molecule has 0 aliphatic carbocycles. The predicted octanol–water partition coefficient (Wildman–Crippen LogP) is 1.93. The van der Waals surface area contributed by atoms with E-state index in [9.17, 15) is 14.4 Å². The molecule has 2 aromatic rings. The Balaban J connectivity index is 1.46. The summed E-state index contributed by atoms with van der Waals surface area (Å²) in [5, 5.41) is 5.44. The highest BCUT2D eigenvalue weighted by molar-refractivity contribution is 6.09. The summed E-state index contributed by atoms with van der Waals surface area (Å²) in [4.78, 5) is 38.8. The van der Waals surface area contributed by atoms with E-state index in [1.807, 2.05) is 30.3 Å². The van der Waals surface area contributed by atoms with E-state index in [1.165, 1.54) is 0 Å². The number of nitrogens with zero attached hydrogens (tertiary/aromatic N) is 1. The summed E-state index contributed by atoms with van der Waals surface area (Å²) >= 11 is 0. The molecular formula is C22H23N3O5. The zero-order chi connectivity index (χ0) is 21.1. The van der Waals surface area contributed by atoms with Crippen molar-refractivity contribution in [2.24, 2.45) is 0 Å². The van der Waals surface area contributed by atoms with Crippen molar-refractivity contribution >= 4 is 17.8 Å². The Morgan fingerprint density at radius 3 is 2.60 bits per heavy atom. The van der Waals surface area contributed by atoms with E-state index < -0.39 is 23.4 Å². The topological polar surface area (TPSA) is 97.0 Å². The van der Waals surface area contributed by atoms with Gasteiger partial charge in [0, 0.05) is 13.0 Å². The highest BCUT2D eigenvalue weighted by Gasteiger charge is 2.49. The average molecular weight is 409 g/mol. The number of benzene rings is 2. The molecule has 0 unspecified atom stereocenters. The largest absolute Gasteiger partial charge is 0.490 e. The van der Waals surface area contributed by atoms with Crippen LogP contribution in [-0.2, 0) is 21.7 Å². The summed E-state index contributed by atoms with van der Waals surface area (Å²) in [6.45, 7) is 2.67. The third kappa shape index (κ3) is 3.80. The molecule has 2 aromatic carbocycles. The van der Waals surface area contributed by atoms with Gasteiger partial charge in [0.1, 0.15) is 12.1 Å². The smallest absolute Gasteiger partial charge is 0.325 e. The maximum atomic E-state index is 13.1. The Morgan fingerprint density at radius 2 is 1.83 bits per heavy atom. The van der Waals surface area contributed by atoms with Gasteiger partial charge in [0.15, 0.2) is 11.5 Å². The van der Waals surface area contributed by atoms with E-state index >= 15 is 0 Å². The van der Waals surface area contributed by atoms with E-state index in [-0.39, 0.29) is 6.54 Å². The molecule has 1 saturated heterocycles. The lowest BCUT2D eigenvalue weighted by molar-refractivity contribution is -0.134. The molecule has 2 aliphatic rings. The summed E-state index contributed by atoms with van der Waals surface area (Å²) < 4.78 is 11.3. The highest BCUT2D eigenvalue weighted by Crippen LogP contribution is 2.36. The Kier molecular flexibility index (Phi) is 5.31. The summed E-state index contributed by atoms with van der Waals surface area (Å²) in [5.74, 6) is 0.239. The molecule has 2 N–H and O–H groups in total. The number of hydrogen-bond acceptors (Lipinski definition) is 5. The van der Waals surface area contributed by atoms with Crippen molar-refractivity contribution in [1.29, 1.82) is 0 Å². The van der Waals surface area contributed by atoms with Crippen LogP contribution in [0.2, 0.25) is 0 Å². The Morgan fingerprint density at radius 1 is 1.10 bits per heavy atom. The first-order chi connectivity index (χ1) is 14.5. The Labute approximate surface area is 174 Å². The molecule has 8 heteroatoms. The average Bonchev–Trinajstić information content (AvgIpc) is 2.92. The molecule has 2 aliphatic heterocycles. The van der Waals surface area contributed by atoms with Gasteiger partial charge in [-0.2, -0.15) is 0 Å². The minimum Gasteiger partial charge on any atom is -0.490 e. The second-order valence-electron chi connectivity index (χ2n) is 7.42. The molecule has 0 saturated carbocycles. The SMILES string of the molecule is C[C@]1(c2ccc3c(c2)OCCCO3)NC(=O)N(CC(=O)NCc2ccccc2)C1=O. The molecule has 1 atom stereocenters. The van der Waals surface area contributed by atoms with Crippen LogP contribution in [-0.4, -0.2) is 42.5 Å². The van der Waals surface area contributed by atoms with Gasteiger partial charge in [-0.05, 0) is 30.2 Å². The van der Waals surface area contributed by atoms with E-state index in [1.54, 1.807) is 25.1 Å². The number of imide groups is 1. The summed E-state index contributed by atoms with van der Waals surface area (Å²) in [5.41, 5.74) is 0.207. The van der Waals surface area contributed by atoms with Crippen LogP contribution in [0.5, 0.6) is 11.5 Å². The van der Waals surface area contributed by atoms with Gasteiger partial charge in [-0.15, -0.1) is 0 Å². The number of ether oxygens (including phenoxy) is 2. The van der Waals surface area contributed by atoms with Crippen LogP contribution in [0.1, 0.15) is 24.5 Å². The minimum atomic E-state index is -1.29. The maximum absolute atomic E-state index is 13.1. The lowest BCUT2D eigenvalue weighted by atomic mass is 9.91. The molecule has 8 nitrogen and oxygen atoms in total. The zero-order valence-electron chi connectivity index (χ0n) is 16.6. The predicted molar refractivity (Wildman–Crippen MR) is 108 cm³/mol. The van der Waals surface area contributed by atoms with Crippen LogP contribution in [0.3, 0.4) is 0 Å². The standard InChI is InChI=1S/C22H23N3O5/c1-22(16-8-9-17-18(12-16)30-11-5-10-29-17)20(27)25(21(28)24-22)14-19(26)23-13-15-6-3-2-4-7-15/h2-4,6-9,12H,5,10-11,13-14H2,1H3,(H,23,26)(H,24,28)/t22-/m1/s1. The van der Waals surface area contributed by atoms with Crippen LogP contribution in [0.15, 0.2) is 48.5 Å². The lowest BCUT2D eigenvalue weighted by Gasteiger charge is -2.23. The van der Waals surface area contributed by atoms with Crippen molar-refractivity contribution in [2.45, 2.75) is 25.4 Å². The second-order valence-corrected chi connectivity index (χ2v) is 7.42. The van der Waals surface area contributed by atoms with Crippen molar-refractivity contribution in [2.75, 3.05) is 19.8 Å². The molecule has 0 spiro atoms. The van der Waals surface area contributed by atoms with Gasteiger partial charge in [0.05, 0.1) is 13.2 Å². The van der Waals surface area contributed by atoms with E-state index in [0.717, 1.165) is 16.9 Å². The Hall–Kier alpha value is -3.55. The summed E-state index contributed by atoms with van der Waals surface area (Å²) in [7, 11) is 0. The fourth-order valence-electron chi connectivity index (χ4n) is 3.51. The van der Waals surface area contributed by atoms with Gasteiger partial charge < -0.3 is 20.1 Å². The summed E-state index contributed by atoms with van der Waals surface area (Å²) in [6.07, 6.45) is 0.767. The number of rotatable bonds is 5. The van der Waals surface area contributed by atoms with Gasteiger partial charge >= 0.3 is 6.03 Å². The number of amides is 4. The number of fused-ring (bicyclic) bond motifs is 1. The van der Waals surface area contributed by atoms with Crippen LogP contribution in [0.4, 0.5) is 4.79 Å². The van der Waals surface area contributed by atoms with Crippen molar-refractivity contribution in [3.8, 4) is 11.5 Å². The normalized spacial score (nSPS) is 20.5. The maximum Gasteiger partial charge on any atom is 0.325 e. The summed E-state index contributed by atoms with van der Waals surface area (Å²) in [6, 6.07) is 14.0. The van der Waals surface area contributed by atoms with Gasteiger partial charge in [-0.3, -0.25) is 14.5 Å². The lowest BCUT2D eigenvalue weighted by Crippen LogP contribution is -2.43. The first-order valence-corrected chi connectivity index (χ1v) is 9.82. The molecular weight excluding hydrogens is 386 g/mol. The number of urea groups is 1. The highest BCUT2D eigenvalue weighted by atomic mass is 16.5. The number of carbonyl (C=O) groups excluding carboxylic acids is 3. The number of carbonyl (C=O) groups is 3. The monoisotopic (exact) mass is 409 g/mol. The third-order valence-corrected chi connectivity index (χ3v) is 5.23. The second kappa shape index (κ2) is 8.06. The molecule has 0 radical (unpaired) electrons. The number of nitrogens with one attached hydrogen (secondary N) is 2. The first-order valence-electron chi connectivity index (χ1n) is 9.82. The van der Waals surface area contributed by atoms with Crippen LogP contribution >= 0.6 is 0 Å². The Bertz CT molecular complexity index is 978. The molecule has 4 rings (SSSR count). The van der Waals surface area contributed by atoms with Gasteiger partial charge in [-0.1, -0.05) is 36.4 Å². The van der Waals surface area contributed by atoms with E-state index in [4.69, 9.17) is 9.47 Å². The van der Waals surface area contributed by atoms with Crippen LogP contribution in [0.25, 0.3) is 0 Å². The zero-order valence-corrected chi connectivity index (χ0v) is 16.6. The molecule has 0 bridgehead atoms. The van der Waals surface area contributed by atoms with Gasteiger partial charge in [0.25, 0.3) is 5.91 Å². The first kappa shape index (κ1) is 19.8. The fourth-order valence-corrected chi connectivity index (χ4v) is 3.51. The van der Waals surface area contributed by atoms with E-state index in [0.29, 0.717) is 36.8 Å². The molecule has 30 heavy (non-hydrogen) atoms. The fraction of sp³-hybridized carbons (Fsp3) is 0.318. The van der Waals surface area contributed by atoms with Crippen molar-refractivity contribution in [3.05, 3.63) is 59.7 Å². The molecule has 2 heterocycles. The van der Waals surface area contributed by atoms with Crippen LogP contribution < -0.4 is 20.1 Å².